The summed E-state index contributed by atoms with van der Waals surface area (Å²) < 4.78 is 30.0. The monoisotopic (exact) mass is 501 g/mol. The molecule has 37 heavy (non-hydrogen) atoms. The fourth-order valence-electron chi connectivity index (χ4n) is 5.81. The third-order valence-electron chi connectivity index (χ3n) is 7.84. The SMILES string of the molecule is COc1ccc2c(c1)O[C@@H](C1C=CC(OCCN3CCCCC3)=CC1)C1=C2COc2cc(OC)ccc21. The second-order valence-electron chi connectivity index (χ2n) is 10.1. The lowest BCUT2D eigenvalue weighted by molar-refractivity contribution is 0.145. The number of rotatable bonds is 7. The van der Waals surface area contributed by atoms with Crippen LogP contribution < -0.4 is 18.9 Å². The first-order valence-corrected chi connectivity index (χ1v) is 13.4. The van der Waals surface area contributed by atoms with Crippen LogP contribution in [0, 0.1) is 5.92 Å². The second kappa shape index (κ2) is 10.5. The molecule has 0 N–H and O–H groups in total. The molecule has 6 heteroatoms. The summed E-state index contributed by atoms with van der Waals surface area (Å²) in [5.41, 5.74) is 4.49. The molecule has 1 unspecified atom stereocenters. The van der Waals surface area contributed by atoms with Gasteiger partial charge in [0.25, 0.3) is 0 Å². The molecule has 0 radical (unpaired) electrons. The van der Waals surface area contributed by atoms with E-state index >= 15 is 0 Å². The number of hydrogen-bond donors (Lipinski definition) is 0. The van der Waals surface area contributed by atoms with Crippen LogP contribution in [-0.4, -0.2) is 58.1 Å². The van der Waals surface area contributed by atoms with Crippen molar-refractivity contribution in [3.63, 3.8) is 0 Å². The van der Waals surface area contributed by atoms with Crippen LogP contribution in [0.5, 0.6) is 23.0 Å². The van der Waals surface area contributed by atoms with E-state index in [9.17, 15) is 0 Å². The van der Waals surface area contributed by atoms with Crippen LogP contribution in [0.4, 0.5) is 0 Å². The molecule has 194 valence electrons. The van der Waals surface area contributed by atoms with Gasteiger partial charge < -0.3 is 23.7 Å². The standard InChI is InChI=1S/C31H35NO5/c1-33-23-11-13-26-28(18-23)36-20-27-25-12-10-24(34-2)19-29(25)37-31(30(26)27)21-6-8-22(9-7-21)35-17-16-32-14-4-3-5-15-32/h6,8-13,18-19,21,31H,3-5,7,14-17,20H2,1-2H3/t21?,31-/m0/s1. The highest BCUT2D eigenvalue weighted by molar-refractivity contribution is 5.99. The van der Waals surface area contributed by atoms with Gasteiger partial charge in [0.05, 0.1) is 14.2 Å². The van der Waals surface area contributed by atoms with Crippen LogP contribution >= 0.6 is 0 Å². The molecule has 6 nitrogen and oxygen atoms in total. The van der Waals surface area contributed by atoms with Crippen molar-refractivity contribution in [3.8, 4) is 23.0 Å². The van der Waals surface area contributed by atoms with Gasteiger partial charge >= 0.3 is 0 Å². The molecule has 2 atom stereocenters. The van der Waals surface area contributed by atoms with Gasteiger partial charge in [0.2, 0.25) is 0 Å². The Morgan fingerprint density at radius 1 is 0.919 bits per heavy atom. The Hall–Kier alpha value is -3.38. The maximum atomic E-state index is 6.74. The minimum atomic E-state index is -0.145. The molecule has 2 aromatic rings. The van der Waals surface area contributed by atoms with Crippen molar-refractivity contribution in [2.24, 2.45) is 5.92 Å². The third-order valence-corrected chi connectivity index (χ3v) is 7.84. The van der Waals surface area contributed by atoms with E-state index < -0.39 is 0 Å². The molecule has 0 bridgehead atoms. The summed E-state index contributed by atoms with van der Waals surface area (Å²) >= 11 is 0. The van der Waals surface area contributed by atoms with Crippen LogP contribution in [0.15, 0.2) is 60.4 Å². The topological polar surface area (TPSA) is 49.4 Å². The lowest BCUT2D eigenvalue weighted by atomic mass is 9.80. The van der Waals surface area contributed by atoms with E-state index in [-0.39, 0.29) is 12.0 Å². The minimum absolute atomic E-state index is 0.145. The number of allylic oxidation sites excluding steroid dienone is 2. The van der Waals surface area contributed by atoms with E-state index in [1.165, 1.54) is 43.5 Å². The van der Waals surface area contributed by atoms with Crippen LogP contribution in [0.1, 0.15) is 36.8 Å². The zero-order chi connectivity index (χ0) is 25.2. The van der Waals surface area contributed by atoms with Gasteiger partial charge in [0.1, 0.15) is 48.1 Å². The summed E-state index contributed by atoms with van der Waals surface area (Å²) in [5.74, 6) is 4.37. The number of hydrogen-bond acceptors (Lipinski definition) is 6. The van der Waals surface area contributed by atoms with Gasteiger partial charge in [-0.1, -0.05) is 12.5 Å². The summed E-state index contributed by atoms with van der Waals surface area (Å²) in [5, 5.41) is 0. The molecule has 1 saturated heterocycles. The molecule has 0 spiro atoms. The lowest BCUT2D eigenvalue weighted by Gasteiger charge is -2.38. The number of nitrogens with zero attached hydrogens (tertiary/aromatic N) is 1. The fourth-order valence-corrected chi connectivity index (χ4v) is 5.81. The Morgan fingerprint density at radius 2 is 1.68 bits per heavy atom. The van der Waals surface area contributed by atoms with E-state index in [0.29, 0.717) is 6.61 Å². The molecule has 1 aliphatic carbocycles. The number of methoxy groups -OCH3 is 2. The highest BCUT2D eigenvalue weighted by Gasteiger charge is 2.38. The molecule has 2 aromatic carbocycles. The van der Waals surface area contributed by atoms with Crippen LogP contribution in [0.2, 0.25) is 0 Å². The zero-order valence-electron chi connectivity index (χ0n) is 21.7. The Balaban J connectivity index is 1.25. The Bertz CT molecular complexity index is 1240. The molecule has 3 heterocycles. The molecule has 1 fully saturated rings. The smallest absolute Gasteiger partial charge is 0.131 e. The average molecular weight is 502 g/mol. The summed E-state index contributed by atoms with van der Waals surface area (Å²) in [4.78, 5) is 2.51. The number of fused-ring (bicyclic) bond motifs is 4. The first-order chi connectivity index (χ1) is 18.2. The Kier molecular flexibility index (Phi) is 6.83. The van der Waals surface area contributed by atoms with Crippen molar-refractivity contribution in [1.82, 2.24) is 4.90 Å². The van der Waals surface area contributed by atoms with E-state index in [2.05, 4.69) is 35.3 Å². The largest absolute Gasteiger partial charge is 0.497 e. The highest BCUT2D eigenvalue weighted by Crippen LogP contribution is 2.49. The maximum Gasteiger partial charge on any atom is 0.131 e. The second-order valence-corrected chi connectivity index (χ2v) is 10.1. The molecule has 0 saturated carbocycles. The lowest BCUT2D eigenvalue weighted by Crippen LogP contribution is -2.34. The van der Waals surface area contributed by atoms with Gasteiger partial charge in [-0.25, -0.2) is 0 Å². The summed E-state index contributed by atoms with van der Waals surface area (Å²) in [6, 6.07) is 12.1. The van der Waals surface area contributed by atoms with Crippen molar-refractivity contribution < 1.29 is 23.7 Å². The van der Waals surface area contributed by atoms with Crippen molar-refractivity contribution in [2.45, 2.75) is 31.8 Å². The predicted molar refractivity (Wildman–Crippen MR) is 144 cm³/mol. The first-order valence-electron chi connectivity index (χ1n) is 13.4. The van der Waals surface area contributed by atoms with Gasteiger partial charge in [0.15, 0.2) is 0 Å². The zero-order valence-corrected chi connectivity index (χ0v) is 21.7. The van der Waals surface area contributed by atoms with E-state index in [1.807, 2.05) is 24.3 Å². The highest BCUT2D eigenvalue weighted by atomic mass is 16.5. The average Bonchev–Trinajstić information content (AvgIpc) is 2.96. The van der Waals surface area contributed by atoms with Crippen LogP contribution in [-0.2, 0) is 4.74 Å². The van der Waals surface area contributed by atoms with Crippen LogP contribution in [0.3, 0.4) is 0 Å². The number of benzene rings is 2. The van der Waals surface area contributed by atoms with Gasteiger partial charge in [-0.3, -0.25) is 4.90 Å². The summed E-state index contributed by atoms with van der Waals surface area (Å²) in [6.07, 6.45) is 11.2. The number of piperidine rings is 1. The van der Waals surface area contributed by atoms with Gasteiger partial charge in [0, 0.05) is 46.9 Å². The molecular formula is C31H35NO5. The minimum Gasteiger partial charge on any atom is -0.497 e. The summed E-state index contributed by atoms with van der Waals surface area (Å²) in [7, 11) is 3.36. The van der Waals surface area contributed by atoms with Crippen molar-refractivity contribution in [3.05, 3.63) is 71.5 Å². The van der Waals surface area contributed by atoms with E-state index in [1.54, 1.807) is 14.2 Å². The third kappa shape index (κ3) is 4.82. The van der Waals surface area contributed by atoms with Gasteiger partial charge in [-0.05, 0) is 68.8 Å². The molecule has 4 aliphatic rings. The predicted octanol–water partition coefficient (Wildman–Crippen LogP) is 5.73. The molecular weight excluding hydrogens is 466 g/mol. The molecule has 6 rings (SSSR count). The summed E-state index contributed by atoms with van der Waals surface area (Å²) in [6.45, 7) is 4.61. The Labute approximate surface area is 219 Å². The number of ether oxygens (including phenoxy) is 5. The van der Waals surface area contributed by atoms with Gasteiger partial charge in [-0.15, -0.1) is 0 Å². The van der Waals surface area contributed by atoms with E-state index in [4.69, 9.17) is 23.7 Å². The van der Waals surface area contributed by atoms with Crippen LogP contribution in [0.25, 0.3) is 11.1 Å². The quantitative estimate of drug-likeness (QED) is 0.483. The molecule has 3 aliphatic heterocycles. The number of likely N-dealkylation sites (tertiary alicyclic amines) is 1. The maximum absolute atomic E-state index is 6.74. The molecule has 0 aromatic heterocycles. The fraction of sp³-hybridized carbons (Fsp3) is 0.419. The van der Waals surface area contributed by atoms with Crippen molar-refractivity contribution >= 4 is 11.1 Å². The van der Waals surface area contributed by atoms with Gasteiger partial charge in [-0.2, -0.15) is 0 Å². The van der Waals surface area contributed by atoms with E-state index in [0.717, 1.165) is 59.5 Å². The Morgan fingerprint density at radius 3 is 2.41 bits per heavy atom. The first kappa shape index (κ1) is 24.0. The van der Waals surface area contributed by atoms with Crippen molar-refractivity contribution in [1.29, 1.82) is 0 Å². The normalized spacial score (nSPS) is 22.6. The molecule has 0 amide bonds. The van der Waals surface area contributed by atoms with Crippen molar-refractivity contribution in [2.75, 3.05) is 47.1 Å².